The van der Waals surface area contributed by atoms with Crippen molar-refractivity contribution < 1.29 is 23.7 Å². The SMILES string of the molecule is CCCCCCCC(=O)NC(c1ccc2ccccc2c1)C(C)(C)OP(=O)(O)O. The van der Waals surface area contributed by atoms with Crippen LogP contribution in [0.3, 0.4) is 0 Å². The van der Waals surface area contributed by atoms with Crippen LogP contribution in [0.5, 0.6) is 0 Å². The minimum atomic E-state index is -4.74. The summed E-state index contributed by atoms with van der Waals surface area (Å²) in [5.74, 6) is -0.151. The van der Waals surface area contributed by atoms with E-state index in [0.29, 0.717) is 6.42 Å². The largest absolute Gasteiger partial charge is 0.470 e. The lowest BCUT2D eigenvalue weighted by atomic mass is 9.90. The fourth-order valence-corrected chi connectivity index (χ4v) is 4.25. The van der Waals surface area contributed by atoms with Gasteiger partial charge in [0.1, 0.15) is 0 Å². The highest BCUT2D eigenvalue weighted by Crippen LogP contribution is 2.45. The number of phosphoric ester groups is 1. The average molecular weight is 421 g/mol. The topological polar surface area (TPSA) is 95.9 Å². The highest BCUT2D eigenvalue weighted by atomic mass is 31.2. The first-order valence-electron chi connectivity index (χ1n) is 10.2. The second kappa shape index (κ2) is 10.4. The molecule has 0 spiro atoms. The number of fused-ring (bicyclic) bond motifs is 1. The Morgan fingerprint density at radius 1 is 1.07 bits per heavy atom. The van der Waals surface area contributed by atoms with Gasteiger partial charge in [0.15, 0.2) is 0 Å². The summed E-state index contributed by atoms with van der Waals surface area (Å²) in [4.78, 5) is 31.3. The van der Waals surface area contributed by atoms with E-state index in [4.69, 9.17) is 4.52 Å². The Labute approximate surface area is 172 Å². The molecule has 6 nitrogen and oxygen atoms in total. The summed E-state index contributed by atoms with van der Waals surface area (Å²) in [5, 5.41) is 4.97. The lowest BCUT2D eigenvalue weighted by Gasteiger charge is -2.35. The van der Waals surface area contributed by atoms with Crippen molar-refractivity contribution in [3.63, 3.8) is 0 Å². The van der Waals surface area contributed by atoms with Crippen molar-refractivity contribution in [2.75, 3.05) is 0 Å². The van der Waals surface area contributed by atoms with Crippen molar-refractivity contribution in [3.8, 4) is 0 Å². The maximum atomic E-state index is 12.6. The molecule has 0 aliphatic carbocycles. The zero-order valence-electron chi connectivity index (χ0n) is 17.4. The Morgan fingerprint density at radius 3 is 2.38 bits per heavy atom. The van der Waals surface area contributed by atoms with Crippen molar-refractivity contribution in [1.82, 2.24) is 5.32 Å². The van der Waals surface area contributed by atoms with E-state index in [0.717, 1.165) is 48.4 Å². The van der Waals surface area contributed by atoms with Crippen LogP contribution in [-0.4, -0.2) is 21.3 Å². The predicted molar refractivity (Wildman–Crippen MR) is 115 cm³/mol. The van der Waals surface area contributed by atoms with Crippen LogP contribution >= 0.6 is 7.82 Å². The lowest BCUT2D eigenvalue weighted by molar-refractivity contribution is -0.123. The third-order valence-electron chi connectivity index (χ3n) is 4.97. The Kier molecular flexibility index (Phi) is 8.41. The number of hydrogen-bond acceptors (Lipinski definition) is 3. The number of unbranched alkanes of at least 4 members (excludes halogenated alkanes) is 4. The van der Waals surface area contributed by atoms with Crippen LogP contribution in [0.2, 0.25) is 0 Å². The molecule has 0 aliphatic heterocycles. The number of amides is 1. The minimum absolute atomic E-state index is 0.151. The van der Waals surface area contributed by atoms with E-state index in [-0.39, 0.29) is 5.91 Å². The number of nitrogens with one attached hydrogen (secondary N) is 1. The van der Waals surface area contributed by atoms with Gasteiger partial charge in [-0.1, -0.05) is 69.0 Å². The predicted octanol–water partition coefficient (Wildman–Crippen LogP) is 5.25. The van der Waals surface area contributed by atoms with Gasteiger partial charge in [-0.2, -0.15) is 0 Å². The van der Waals surface area contributed by atoms with Gasteiger partial charge in [0, 0.05) is 6.42 Å². The molecule has 1 atom stereocenters. The molecule has 160 valence electrons. The molecule has 0 fully saturated rings. The summed E-state index contributed by atoms with van der Waals surface area (Å²) >= 11 is 0. The Balaban J connectivity index is 2.23. The van der Waals surface area contributed by atoms with Gasteiger partial charge in [0.05, 0.1) is 11.6 Å². The van der Waals surface area contributed by atoms with Gasteiger partial charge < -0.3 is 15.1 Å². The van der Waals surface area contributed by atoms with Crippen molar-refractivity contribution in [1.29, 1.82) is 0 Å². The molecule has 0 radical (unpaired) electrons. The summed E-state index contributed by atoms with van der Waals surface area (Å²) in [6.07, 6.45) is 5.55. The van der Waals surface area contributed by atoms with Crippen molar-refractivity contribution >= 4 is 24.5 Å². The first-order chi connectivity index (χ1) is 13.6. The first kappa shape index (κ1) is 23.6. The Morgan fingerprint density at radius 2 is 1.72 bits per heavy atom. The molecule has 0 bridgehead atoms. The summed E-state index contributed by atoms with van der Waals surface area (Å²) in [7, 11) is -4.74. The summed E-state index contributed by atoms with van der Waals surface area (Å²) in [6, 6.07) is 12.8. The molecule has 0 saturated heterocycles. The van der Waals surface area contributed by atoms with Gasteiger partial charge >= 0.3 is 7.82 Å². The highest BCUT2D eigenvalue weighted by molar-refractivity contribution is 7.46. The zero-order valence-corrected chi connectivity index (χ0v) is 18.3. The molecule has 3 N–H and O–H groups in total. The third-order valence-corrected chi connectivity index (χ3v) is 5.68. The van der Waals surface area contributed by atoms with E-state index in [1.54, 1.807) is 13.8 Å². The average Bonchev–Trinajstić information content (AvgIpc) is 2.63. The lowest BCUT2D eigenvalue weighted by Crippen LogP contribution is -2.43. The highest BCUT2D eigenvalue weighted by Gasteiger charge is 2.38. The fraction of sp³-hybridized carbons (Fsp3) is 0.500. The van der Waals surface area contributed by atoms with Crippen LogP contribution in [0.15, 0.2) is 42.5 Å². The van der Waals surface area contributed by atoms with Crippen molar-refractivity contribution in [3.05, 3.63) is 48.0 Å². The van der Waals surface area contributed by atoms with E-state index in [1.165, 1.54) is 0 Å². The van der Waals surface area contributed by atoms with Gasteiger partial charge in [-0.25, -0.2) is 4.57 Å². The number of carbonyl (C=O) groups excluding carboxylic acids is 1. The monoisotopic (exact) mass is 421 g/mol. The minimum Gasteiger partial charge on any atom is -0.346 e. The molecule has 7 heteroatoms. The zero-order chi connectivity index (χ0) is 21.5. The molecule has 0 aromatic heterocycles. The molecular weight excluding hydrogens is 389 g/mol. The summed E-state index contributed by atoms with van der Waals surface area (Å²) < 4.78 is 16.6. The number of phosphoric acid groups is 1. The van der Waals surface area contributed by atoms with E-state index < -0.39 is 19.5 Å². The molecule has 0 aliphatic rings. The van der Waals surface area contributed by atoms with E-state index >= 15 is 0 Å². The number of benzene rings is 2. The van der Waals surface area contributed by atoms with E-state index in [2.05, 4.69) is 12.2 Å². The van der Waals surface area contributed by atoms with Crippen LogP contribution in [0.4, 0.5) is 0 Å². The molecule has 1 unspecified atom stereocenters. The van der Waals surface area contributed by atoms with E-state index in [9.17, 15) is 19.1 Å². The molecule has 2 aromatic rings. The molecule has 2 aromatic carbocycles. The van der Waals surface area contributed by atoms with Gasteiger partial charge in [0.2, 0.25) is 5.91 Å². The summed E-state index contributed by atoms with van der Waals surface area (Å²) in [6.45, 7) is 5.30. The third kappa shape index (κ3) is 7.56. The molecule has 2 rings (SSSR count). The smallest absolute Gasteiger partial charge is 0.346 e. The van der Waals surface area contributed by atoms with Gasteiger partial charge in [-0.05, 0) is 42.7 Å². The fourth-order valence-electron chi connectivity index (χ4n) is 3.53. The Hall–Kier alpha value is -1.72. The normalized spacial score (nSPS) is 13.4. The van der Waals surface area contributed by atoms with Gasteiger partial charge in [-0.3, -0.25) is 9.32 Å². The quantitative estimate of drug-likeness (QED) is 0.340. The maximum Gasteiger partial charge on any atom is 0.470 e. The molecular formula is C22H32NO5P. The Bertz CT molecular complexity index is 861. The maximum absolute atomic E-state index is 12.6. The van der Waals surface area contributed by atoms with Crippen molar-refractivity contribution in [2.24, 2.45) is 0 Å². The second-order valence-corrected chi connectivity index (χ2v) is 9.12. The van der Waals surface area contributed by atoms with Gasteiger partial charge in [-0.15, -0.1) is 0 Å². The number of hydrogen-bond donors (Lipinski definition) is 3. The van der Waals surface area contributed by atoms with Crippen LogP contribution in [0, 0.1) is 0 Å². The molecule has 1 amide bonds. The van der Waals surface area contributed by atoms with Crippen LogP contribution in [0.25, 0.3) is 10.8 Å². The number of rotatable bonds is 11. The van der Waals surface area contributed by atoms with Crippen LogP contribution in [0.1, 0.15) is 70.9 Å². The summed E-state index contributed by atoms with van der Waals surface area (Å²) in [5.41, 5.74) is -0.569. The number of carbonyl (C=O) groups is 1. The van der Waals surface area contributed by atoms with Gasteiger partial charge in [0.25, 0.3) is 0 Å². The first-order valence-corrected chi connectivity index (χ1v) is 11.7. The van der Waals surface area contributed by atoms with Crippen molar-refractivity contribution in [2.45, 2.75) is 70.9 Å². The molecule has 29 heavy (non-hydrogen) atoms. The standard InChI is InChI=1S/C22H32NO5P/c1-4-5-6-7-8-13-20(24)23-21(22(2,3)28-29(25,26)27)19-15-14-17-11-9-10-12-18(17)16-19/h9-12,14-16,21H,4-8,13H2,1-3H3,(H,23,24)(H2,25,26,27). The molecule has 0 heterocycles. The van der Waals surface area contributed by atoms with E-state index in [1.807, 2.05) is 42.5 Å². The molecule has 0 saturated carbocycles. The van der Waals surface area contributed by atoms with Crippen LogP contribution < -0.4 is 5.32 Å². The second-order valence-electron chi connectivity index (χ2n) is 7.96. The van der Waals surface area contributed by atoms with Crippen LogP contribution in [-0.2, 0) is 13.9 Å².